The number of fused-ring (bicyclic) bond motifs is 1. The van der Waals surface area contributed by atoms with Crippen molar-refractivity contribution in [2.24, 2.45) is 5.92 Å². The van der Waals surface area contributed by atoms with Crippen LogP contribution in [0.4, 0.5) is 4.39 Å². The van der Waals surface area contributed by atoms with Crippen LogP contribution >= 0.6 is 0 Å². The van der Waals surface area contributed by atoms with Crippen LogP contribution in [0.1, 0.15) is 37.0 Å². The third-order valence-electron chi connectivity index (χ3n) is 6.21. The molecular weight excluding hydrogens is 507 g/mol. The largest absolute Gasteiger partial charge is 0.492 e. The molecule has 3 rings (SSSR count). The molecule has 1 heterocycles. The molecule has 2 aromatic rings. The second kappa shape index (κ2) is 14.1. The summed E-state index contributed by atoms with van der Waals surface area (Å²) >= 11 is 0. The van der Waals surface area contributed by atoms with E-state index in [2.05, 4.69) is 16.0 Å². The van der Waals surface area contributed by atoms with Gasteiger partial charge in [0.15, 0.2) is 0 Å². The summed E-state index contributed by atoms with van der Waals surface area (Å²) in [6, 6.07) is 10.3. The van der Waals surface area contributed by atoms with Gasteiger partial charge in [-0.05, 0) is 48.7 Å². The molecule has 1 aliphatic rings. The molecule has 10 nitrogen and oxygen atoms in total. The molecule has 0 radical (unpaired) electrons. The number of carbonyl (C=O) groups is 4. The Hall–Kier alpha value is -4.15. The van der Waals surface area contributed by atoms with Gasteiger partial charge in [-0.15, -0.1) is 0 Å². The maximum atomic E-state index is 13.1. The van der Waals surface area contributed by atoms with Crippen LogP contribution in [0.2, 0.25) is 0 Å². The zero-order valence-corrected chi connectivity index (χ0v) is 22.4. The minimum atomic E-state index is -1.04. The van der Waals surface area contributed by atoms with Gasteiger partial charge in [-0.1, -0.05) is 26.0 Å². The van der Waals surface area contributed by atoms with Crippen molar-refractivity contribution in [3.8, 4) is 11.5 Å². The van der Waals surface area contributed by atoms with E-state index in [-0.39, 0.29) is 62.4 Å². The quantitative estimate of drug-likeness (QED) is 0.479. The molecule has 0 fully saturated rings. The average molecular weight is 543 g/mol. The van der Waals surface area contributed by atoms with Crippen LogP contribution in [-0.2, 0) is 14.4 Å². The molecule has 0 saturated heterocycles. The van der Waals surface area contributed by atoms with Crippen molar-refractivity contribution in [3.63, 3.8) is 0 Å². The summed E-state index contributed by atoms with van der Waals surface area (Å²) < 4.78 is 24.4. The first-order valence-electron chi connectivity index (χ1n) is 12.9. The molecule has 0 spiro atoms. The molecule has 210 valence electrons. The van der Waals surface area contributed by atoms with Gasteiger partial charge in [-0.2, -0.15) is 0 Å². The number of ether oxygens (including phenoxy) is 2. The van der Waals surface area contributed by atoms with Gasteiger partial charge in [-0.25, -0.2) is 4.39 Å². The molecule has 1 aliphatic heterocycles. The maximum absolute atomic E-state index is 13.1. The molecule has 11 heteroatoms. The number of para-hydroxylation sites is 1. The van der Waals surface area contributed by atoms with Crippen LogP contribution in [0.25, 0.3) is 0 Å². The highest BCUT2D eigenvalue weighted by Crippen LogP contribution is 2.19. The molecule has 2 aromatic carbocycles. The third kappa shape index (κ3) is 8.69. The second-order valence-corrected chi connectivity index (χ2v) is 9.55. The Morgan fingerprint density at radius 2 is 1.85 bits per heavy atom. The summed E-state index contributed by atoms with van der Waals surface area (Å²) in [6.07, 6.45) is -0.0943. The van der Waals surface area contributed by atoms with Gasteiger partial charge in [0.1, 0.15) is 42.6 Å². The average Bonchev–Trinajstić information content (AvgIpc) is 2.92. The highest BCUT2D eigenvalue weighted by Gasteiger charge is 2.29. The molecular formula is C28H35FN4O6. The van der Waals surface area contributed by atoms with E-state index in [1.807, 2.05) is 13.8 Å². The number of amides is 4. The lowest BCUT2D eigenvalue weighted by Crippen LogP contribution is -2.51. The van der Waals surface area contributed by atoms with Crippen LogP contribution in [-0.4, -0.2) is 74.0 Å². The maximum Gasteiger partial charge on any atom is 0.255 e. The molecule has 0 saturated carbocycles. The van der Waals surface area contributed by atoms with E-state index >= 15 is 0 Å². The third-order valence-corrected chi connectivity index (χ3v) is 6.21. The van der Waals surface area contributed by atoms with Gasteiger partial charge in [0.2, 0.25) is 17.7 Å². The smallest absolute Gasteiger partial charge is 0.255 e. The molecule has 2 atom stereocenters. The van der Waals surface area contributed by atoms with Crippen molar-refractivity contribution < 1.29 is 33.0 Å². The number of likely N-dealkylation sites (N-methyl/N-ethyl adjacent to an activating group) is 1. The molecule has 39 heavy (non-hydrogen) atoms. The Bertz CT molecular complexity index is 1160. The lowest BCUT2D eigenvalue weighted by molar-refractivity contribution is -0.137. The number of nitrogens with one attached hydrogen (secondary N) is 3. The van der Waals surface area contributed by atoms with Gasteiger partial charge in [0.25, 0.3) is 5.91 Å². The normalized spacial score (nSPS) is 19.1. The van der Waals surface area contributed by atoms with Crippen molar-refractivity contribution in [1.29, 1.82) is 0 Å². The summed E-state index contributed by atoms with van der Waals surface area (Å²) in [7, 11) is 1.63. The van der Waals surface area contributed by atoms with E-state index in [1.54, 1.807) is 31.3 Å². The standard InChI is InChI=1S/C28H35FN4O6/c1-18(2)25-28(37)33(3)15-17-39-23-7-5-4-6-21(23)26(35)31-22(12-13-24(34)32-25)27(36)30-14-16-38-20-10-8-19(29)9-11-20/h4-11,18,22,25H,12-17H2,1-3H3,(H,30,36)(H,31,35)(H,32,34)/t22-,25+/m0/s1. The van der Waals surface area contributed by atoms with E-state index in [9.17, 15) is 23.6 Å². The highest BCUT2D eigenvalue weighted by molar-refractivity contribution is 5.99. The molecule has 0 unspecified atom stereocenters. The Morgan fingerprint density at radius 1 is 1.13 bits per heavy atom. The minimum Gasteiger partial charge on any atom is -0.492 e. The predicted molar refractivity (Wildman–Crippen MR) is 142 cm³/mol. The molecule has 0 aromatic heterocycles. The summed E-state index contributed by atoms with van der Waals surface area (Å²) in [5.74, 6) is -1.49. The summed E-state index contributed by atoms with van der Waals surface area (Å²) in [5, 5.41) is 8.18. The van der Waals surface area contributed by atoms with Crippen molar-refractivity contribution in [2.75, 3.05) is 33.4 Å². The van der Waals surface area contributed by atoms with Crippen molar-refractivity contribution in [2.45, 2.75) is 38.8 Å². The Morgan fingerprint density at radius 3 is 2.56 bits per heavy atom. The fraction of sp³-hybridized carbons (Fsp3) is 0.429. The highest BCUT2D eigenvalue weighted by atomic mass is 19.1. The van der Waals surface area contributed by atoms with Gasteiger partial charge >= 0.3 is 0 Å². The molecule has 0 aliphatic carbocycles. The van der Waals surface area contributed by atoms with E-state index < -0.39 is 29.8 Å². The van der Waals surface area contributed by atoms with E-state index in [0.717, 1.165) is 0 Å². The van der Waals surface area contributed by atoms with Crippen LogP contribution in [0.3, 0.4) is 0 Å². The number of benzene rings is 2. The monoisotopic (exact) mass is 542 g/mol. The van der Waals surface area contributed by atoms with Crippen molar-refractivity contribution >= 4 is 23.6 Å². The van der Waals surface area contributed by atoms with Gasteiger partial charge < -0.3 is 30.3 Å². The second-order valence-electron chi connectivity index (χ2n) is 9.55. The Kier molecular flexibility index (Phi) is 10.7. The number of hydrogen-bond acceptors (Lipinski definition) is 6. The fourth-order valence-corrected chi connectivity index (χ4v) is 3.96. The van der Waals surface area contributed by atoms with E-state index in [1.165, 1.54) is 29.2 Å². The molecule has 0 bridgehead atoms. The first kappa shape index (κ1) is 29.4. The van der Waals surface area contributed by atoms with E-state index in [4.69, 9.17) is 9.47 Å². The predicted octanol–water partition coefficient (Wildman–Crippen LogP) is 1.89. The first-order valence-corrected chi connectivity index (χ1v) is 12.9. The zero-order valence-electron chi connectivity index (χ0n) is 22.4. The SMILES string of the molecule is CC(C)[C@H]1NC(=O)CC[C@@H](C(=O)NCCOc2ccc(F)cc2)NC(=O)c2ccccc2OCCN(C)C1=O. The summed E-state index contributed by atoms with van der Waals surface area (Å²) in [5.41, 5.74) is 0.225. The zero-order chi connectivity index (χ0) is 28.4. The topological polar surface area (TPSA) is 126 Å². The van der Waals surface area contributed by atoms with Crippen LogP contribution in [0.15, 0.2) is 48.5 Å². The van der Waals surface area contributed by atoms with Gasteiger partial charge in [0.05, 0.1) is 18.7 Å². The number of hydrogen-bond donors (Lipinski definition) is 3. The van der Waals surface area contributed by atoms with Crippen LogP contribution < -0.4 is 25.4 Å². The summed E-state index contributed by atoms with van der Waals surface area (Å²) in [6.45, 7) is 4.28. The molecule has 3 N–H and O–H groups in total. The number of carbonyl (C=O) groups excluding carboxylic acids is 4. The molecule has 4 amide bonds. The number of halogens is 1. The van der Waals surface area contributed by atoms with Crippen LogP contribution in [0.5, 0.6) is 11.5 Å². The lowest BCUT2D eigenvalue weighted by atomic mass is 10.0. The Balaban J connectivity index is 1.74. The van der Waals surface area contributed by atoms with Crippen molar-refractivity contribution in [1.82, 2.24) is 20.9 Å². The van der Waals surface area contributed by atoms with E-state index in [0.29, 0.717) is 11.5 Å². The van der Waals surface area contributed by atoms with Crippen molar-refractivity contribution in [3.05, 3.63) is 59.9 Å². The minimum absolute atomic E-state index is 0.0000942. The fourth-order valence-electron chi connectivity index (χ4n) is 3.96. The van der Waals surface area contributed by atoms with Gasteiger partial charge in [0, 0.05) is 13.5 Å². The van der Waals surface area contributed by atoms with Crippen LogP contribution in [0, 0.1) is 11.7 Å². The summed E-state index contributed by atoms with van der Waals surface area (Å²) in [4.78, 5) is 53.4. The lowest BCUT2D eigenvalue weighted by Gasteiger charge is -2.27. The first-order chi connectivity index (χ1) is 18.7. The van der Waals surface area contributed by atoms with Gasteiger partial charge in [-0.3, -0.25) is 19.2 Å². The Labute approximate surface area is 227 Å². The number of nitrogens with zero attached hydrogens (tertiary/aromatic N) is 1. The number of rotatable bonds is 6.